The van der Waals surface area contributed by atoms with Gasteiger partial charge in [-0.3, -0.25) is 4.79 Å². The molecule has 0 spiro atoms. The molecule has 0 fully saturated rings. The molecule has 0 aliphatic heterocycles. The van der Waals surface area contributed by atoms with Crippen molar-refractivity contribution in [3.05, 3.63) is 48.5 Å². The second kappa shape index (κ2) is 6.83. The quantitative estimate of drug-likeness (QED) is 0.802. The Labute approximate surface area is 117 Å². The van der Waals surface area contributed by atoms with Crippen LogP contribution in [-0.2, 0) is 16.1 Å². The van der Waals surface area contributed by atoms with Crippen molar-refractivity contribution < 1.29 is 9.53 Å². The van der Waals surface area contributed by atoms with Crippen LogP contribution in [-0.4, -0.2) is 35.2 Å². The number of carbonyl (C=O) groups is 1. The van der Waals surface area contributed by atoms with Gasteiger partial charge in [0.15, 0.2) is 0 Å². The number of imidazole rings is 1. The molecular formula is C14H18N4O2. The third kappa shape index (κ3) is 3.43. The monoisotopic (exact) mass is 274 g/mol. The molecular weight excluding hydrogens is 256 g/mol. The summed E-state index contributed by atoms with van der Waals surface area (Å²) >= 11 is 0. The van der Waals surface area contributed by atoms with Crippen LogP contribution in [0.1, 0.15) is 5.56 Å². The van der Waals surface area contributed by atoms with E-state index >= 15 is 0 Å². The standard InChI is InChI=1S/C14H18N4O2/c1-20-9-12(15)14(19)17-8-11-4-2-3-5-13(11)18-7-6-16-10-18/h2-7,10,12H,8-9,15H2,1H3,(H,17,19). The first-order valence-corrected chi connectivity index (χ1v) is 6.31. The Morgan fingerprint density at radius 1 is 1.50 bits per heavy atom. The third-order valence-corrected chi connectivity index (χ3v) is 2.91. The lowest BCUT2D eigenvalue weighted by atomic mass is 10.1. The number of nitrogens with zero attached hydrogens (tertiary/aromatic N) is 2. The van der Waals surface area contributed by atoms with Gasteiger partial charge in [-0.25, -0.2) is 4.98 Å². The Kier molecular flexibility index (Phi) is 4.86. The Bertz CT molecular complexity index is 554. The van der Waals surface area contributed by atoms with Gasteiger partial charge in [0.05, 0.1) is 18.6 Å². The van der Waals surface area contributed by atoms with Crippen LogP contribution in [0, 0.1) is 0 Å². The van der Waals surface area contributed by atoms with Gasteiger partial charge < -0.3 is 20.4 Å². The highest BCUT2D eigenvalue weighted by Crippen LogP contribution is 2.13. The minimum absolute atomic E-state index is 0.203. The zero-order chi connectivity index (χ0) is 14.4. The number of carbonyl (C=O) groups excluding carboxylic acids is 1. The van der Waals surface area contributed by atoms with Crippen LogP contribution in [0.2, 0.25) is 0 Å². The highest BCUT2D eigenvalue weighted by Gasteiger charge is 2.13. The summed E-state index contributed by atoms with van der Waals surface area (Å²) in [7, 11) is 1.52. The molecule has 1 unspecified atom stereocenters. The van der Waals surface area contributed by atoms with E-state index in [-0.39, 0.29) is 12.5 Å². The lowest BCUT2D eigenvalue weighted by Gasteiger charge is -2.14. The minimum Gasteiger partial charge on any atom is -0.383 e. The van der Waals surface area contributed by atoms with Crippen molar-refractivity contribution >= 4 is 5.91 Å². The fourth-order valence-electron chi connectivity index (χ4n) is 1.88. The molecule has 1 aromatic carbocycles. The van der Waals surface area contributed by atoms with Crippen LogP contribution in [0.15, 0.2) is 43.0 Å². The van der Waals surface area contributed by atoms with Crippen LogP contribution in [0.4, 0.5) is 0 Å². The van der Waals surface area contributed by atoms with Gasteiger partial charge in [-0.1, -0.05) is 18.2 Å². The van der Waals surface area contributed by atoms with Crippen LogP contribution >= 0.6 is 0 Å². The largest absolute Gasteiger partial charge is 0.383 e. The molecule has 1 aromatic heterocycles. The SMILES string of the molecule is COCC(N)C(=O)NCc1ccccc1-n1ccnc1. The highest BCUT2D eigenvalue weighted by atomic mass is 16.5. The van der Waals surface area contributed by atoms with Gasteiger partial charge in [0.2, 0.25) is 5.91 Å². The maximum Gasteiger partial charge on any atom is 0.239 e. The van der Waals surface area contributed by atoms with E-state index in [9.17, 15) is 4.79 Å². The van der Waals surface area contributed by atoms with Crippen LogP contribution < -0.4 is 11.1 Å². The molecule has 0 saturated heterocycles. The van der Waals surface area contributed by atoms with E-state index in [4.69, 9.17) is 10.5 Å². The molecule has 6 nitrogen and oxygen atoms in total. The summed E-state index contributed by atoms with van der Waals surface area (Å²) in [5.74, 6) is -0.229. The molecule has 2 aromatic rings. The predicted octanol–water partition coefficient (Wildman–Crippen LogP) is 0.462. The number of nitrogens with two attached hydrogens (primary N) is 1. The summed E-state index contributed by atoms with van der Waals surface area (Å²) in [4.78, 5) is 15.8. The molecule has 106 valence electrons. The molecule has 1 atom stereocenters. The molecule has 0 saturated carbocycles. The van der Waals surface area contributed by atoms with Crippen molar-refractivity contribution in [3.63, 3.8) is 0 Å². The van der Waals surface area contributed by atoms with Gasteiger partial charge >= 0.3 is 0 Å². The van der Waals surface area contributed by atoms with Crippen LogP contribution in [0.3, 0.4) is 0 Å². The number of ether oxygens (including phenoxy) is 1. The number of rotatable bonds is 6. The molecule has 20 heavy (non-hydrogen) atoms. The van der Waals surface area contributed by atoms with Gasteiger partial charge in [0.25, 0.3) is 0 Å². The fourth-order valence-corrected chi connectivity index (χ4v) is 1.88. The molecule has 6 heteroatoms. The van der Waals surface area contributed by atoms with Gasteiger partial charge in [0.1, 0.15) is 6.04 Å². The van der Waals surface area contributed by atoms with E-state index in [0.717, 1.165) is 11.3 Å². The smallest absolute Gasteiger partial charge is 0.239 e. The van der Waals surface area contributed by atoms with Crippen molar-refractivity contribution in [1.82, 2.24) is 14.9 Å². The Balaban J connectivity index is 2.05. The number of nitrogens with one attached hydrogen (secondary N) is 1. The number of methoxy groups -OCH3 is 1. The minimum atomic E-state index is -0.652. The van der Waals surface area contributed by atoms with E-state index in [1.165, 1.54) is 7.11 Å². The molecule has 0 radical (unpaired) electrons. The molecule has 0 aliphatic rings. The number of hydrogen-bond acceptors (Lipinski definition) is 4. The molecule has 0 bridgehead atoms. The summed E-state index contributed by atoms with van der Waals surface area (Å²) in [6.45, 7) is 0.611. The average Bonchev–Trinajstić information content (AvgIpc) is 2.99. The Hall–Kier alpha value is -2.18. The normalized spacial score (nSPS) is 12.1. The number of benzene rings is 1. The van der Waals surface area contributed by atoms with Gasteiger partial charge in [-0.15, -0.1) is 0 Å². The van der Waals surface area contributed by atoms with Gasteiger partial charge in [-0.2, -0.15) is 0 Å². The van der Waals surface area contributed by atoms with E-state index in [0.29, 0.717) is 6.54 Å². The van der Waals surface area contributed by atoms with E-state index in [1.807, 2.05) is 35.0 Å². The summed E-state index contributed by atoms with van der Waals surface area (Å²) in [5.41, 5.74) is 7.64. The van der Waals surface area contributed by atoms with Gasteiger partial charge in [-0.05, 0) is 11.6 Å². The summed E-state index contributed by atoms with van der Waals surface area (Å²) in [6, 6.07) is 7.14. The van der Waals surface area contributed by atoms with Gasteiger partial charge in [0, 0.05) is 26.0 Å². The summed E-state index contributed by atoms with van der Waals surface area (Å²) in [6.07, 6.45) is 5.29. The zero-order valence-electron chi connectivity index (χ0n) is 11.3. The number of amides is 1. The first-order valence-electron chi connectivity index (χ1n) is 6.31. The van der Waals surface area contributed by atoms with Crippen molar-refractivity contribution in [2.45, 2.75) is 12.6 Å². The summed E-state index contributed by atoms with van der Waals surface area (Å²) in [5, 5.41) is 2.81. The van der Waals surface area contributed by atoms with Crippen molar-refractivity contribution in [1.29, 1.82) is 0 Å². The second-order valence-electron chi connectivity index (χ2n) is 4.38. The zero-order valence-corrected chi connectivity index (χ0v) is 11.3. The van der Waals surface area contributed by atoms with Crippen LogP contribution in [0.5, 0.6) is 0 Å². The Morgan fingerprint density at radius 3 is 3.00 bits per heavy atom. The first kappa shape index (κ1) is 14.2. The van der Waals surface area contributed by atoms with Crippen molar-refractivity contribution in [3.8, 4) is 5.69 Å². The maximum absolute atomic E-state index is 11.8. The number of para-hydroxylation sites is 1. The molecule has 3 N–H and O–H groups in total. The molecule has 1 heterocycles. The molecule has 2 rings (SSSR count). The average molecular weight is 274 g/mol. The second-order valence-corrected chi connectivity index (χ2v) is 4.38. The van der Waals surface area contributed by atoms with Crippen molar-refractivity contribution in [2.75, 3.05) is 13.7 Å². The third-order valence-electron chi connectivity index (χ3n) is 2.91. The molecule has 0 aliphatic carbocycles. The van der Waals surface area contributed by atoms with E-state index < -0.39 is 6.04 Å². The van der Waals surface area contributed by atoms with Crippen molar-refractivity contribution in [2.24, 2.45) is 5.73 Å². The number of hydrogen-bond donors (Lipinski definition) is 2. The first-order chi connectivity index (χ1) is 9.72. The fraction of sp³-hybridized carbons (Fsp3) is 0.286. The maximum atomic E-state index is 11.8. The summed E-state index contributed by atoms with van der Waals surface area (Å²) < 4.78 is 6.76. The van der Waals surface area contributed by atoms with E-state index in [1.54, 1.807) is 12.5 Å². The highest BCUT2D eigenvalue weighted by molar-refractivity contribution is 5.81. The van der Waals surface area contributed by atoms with E-state index in [2.05, 4.69) is 10.3 Å². The van der Waals surface area contributed by atoms with Crippen LogP contribution in [0.25, 0.3) is 5.69 Å². The topological polar surface area (TPSA) is 82.2 Å². The molecule has 1 amide bonds. The predicted molar refractivity (Wildman–Crippen MR) is 75.3 cm³/mol. The Morgan fingerprint density at radius 2 is 2.30 bits per heavy atom. The lowest BCUT2D eigenvalue weighted by Crippen LogP contribution is -2.43. The number of aromatic nitrogens is 2. The lowest BCUT2D eigenvalue weighted by molar-refractivity contribution is -0.123.